The summed E-state index contributed by atoms with van der Waals surface area (Å²) < 4.78 is 13.9. The zero-order chi connectivity index (χ0) is 25.3. The molecule has 2 aromatic rings. The molecule has 1 fully saturated rings. The number of likely N-dealkylation sites (N-methyl/N-ethyl adjacent to an activating group) is 1. The summed E-state index contributed by atoms with van der Waals surface area (Å²) in [6.45, 7) is 5.72. The van der Waals surface area contributed by atoms with E-state index in [-0.39, 0.29) is 54.9 Å². The zero-order valence-corrected chi connectivity index (χ0v) is 20.8. The van der Waals surface area contributed by atoms with Crippen molar-refractivity contribution in [3.05, 3.63) is 35.7 Å². The molecule has 0 spiro atoms. The fourth-order valence-electron chi connectivity index (χ4n) is 4.52. The van der Waals surface area contributed by atoms with Crippen LogP contribution >= 0.6 is 0 Å². The van der Waals surface area contributed by atoms with Crippen LogP contribution in [0.3, 0.4) is 0 Å². The fourth-order valence-corrected chi connectivity index (χ4v) is 4.52. The van der Waals surface area contributed by atoms with E-state index in [2.05, 4.69) is 15.7 Å². The highest BCUT2D eigenvalue weighted by molar-refractivity contribution is 6.00. The number of aryl methyl sites for hydroxylation is 2. The Morgan fingerprint density at radius 1 is 1.20 bits per heavy atom. The minimum absolute atomic E-state index is 0.118. The minimum Gasteiger partial charge on any atom is -0.490 e. The van der Waals surface area contributed by atoms with Crippen LogP contribution in [0.15, 0.2) is 24.4 Å². The van der Waals surface area contributed by atoms with Crippen LogP contribution in [0.1, 0.15) is 49.2 Å². The van der Waals surface area contributed by atoms with Gasteiger partial charge >= 0.3 is 0 Å². The molecule has 3 heterocycles. The lowest BCUT2D eigenvalue weighted by Crippen LogP contribution is -2.53. The van der Waals surface area contributed by atoms with E-state index >= 15 is 0 Å². The summed E-state index contributed by atoms with van der Waals surface area (Å²) in [4.78, 5) is 39.7. The number of carbonyl (C=O) groups is 3. The maximum atomic E-state index is 13.3. The monoisotopic (exact) mass is 483 g/mol. The standard InChI is InChI=1S/C25H33N5O5/c1-14(2)24(32)26-16-6-9-21-18(10-16)25(33)30(5)20-8-7-17(35-22(20)13-34-21)11-23(31)27-19-12-29(4)28-15(19)3/h6,9-10,12,14,17,20,22H,7-8,11,13H2,1-5H3,(H,26,32)(H,27,31)/t17-,20+,22-/m1/s1. The molecule has 10 heteroatoms. The molecule has 35 heavy (non-hydrogen) atoms. The first-order chi connectivity index (χ1) is 16.6. The Bertz CT molecular complexity index is 1130. The number of hydrogen-bond donors (Lipinski definition) is 2. The predicted octanol–water partition coefficient (Wildman–Crippen LogP) is 2.73. The highest BCUT2D eigenvalue weighted by Crippen LogP contribution is 2.32. The molecule has 0 radical (unpaired) electrons. The van der Waals surface area contributed by atoms with Crippen molar-refractivity contribution in [2.24, 2.45) is 13.0 Å². The Morgan fingerprint density at radius 2 is 1.97 bits per heavy atom. The number of ether oxygens (including phenoxy) is 2. The molecular formula is C25H33N5O5. The first-order valence-electron chi connectivity index (χ1n) is 11.9. The maximum absolute atomic E-state index is 13.3. The van der Waals surface area contributed by atoms with Gasteiger partial charge in [-0.05, 0) is 38.0 Å². The van der Waals surface area contributed by atoms with Gasteiger partial charge in [-0.3, -0.25) is 19.1 Å². The van der Waals surface area contributed by atoms with Gasteiger partial charge in [0, 0.05) is 31.9 Å². The van der Waals surface area contributed by atoms with Crippen LogP contribution in [0, 0.1) is 12.8 Å². The molecule has 3 atom stereocenters. The number of anilines is 2. The van der Waals surface area contributed by atoms with Gasteiger partial charge in [-0.2, -0.15) is 5.10 Å². The lowest BCUT2D eigenvalue weighted by Gasteiger charge is -2.42. The van der Waals surface area contributed by atoms with E-state index in [1.165, 1.54) is 0 Å². The van der Waals surface area contributed by atoms with Crippen LogP contribution in [0.4, 0.5) is 11.4 Å². The first kappa shape index (κ1) is 24.7. The summed E-state index contributed by atoms with van der Waals surface area (Å²) in [7, 11) is 3.57. The summed E-state index contributed by atoms with van der Waals surface area (Å²) in [5, 5.41) is 9.97. The summed E-state index contributed by atoms with van der Waals surface area (Å²) in [6, 6.07) is 4.90. The Balaban J connectivity index is 1.43. The second-order valence-corrected chi connectivity index (χ2v) is 9.58. The number of benzene rings is 1. The quantitative estimate of drug-likeness (QED) is 0.676. The van der Waals surface area contributed by atoms with Gasteiger partial charge < -0.3 is 25.0 Å². The lowest BCUT2D eigenvalue weighted by molar-refractivity contribution is -0.130. The summed E-state index contributed by atoms with van der Waals surface area (Å²) in [5.74, 6) is -0.176. The molecule has 0 saturated carbocycles. The molecule has 1 aromatic heterocycles. The van der Waals surface area contributed by atoms with Crippen molar-refractivity contribution in [2.45, 2.75) is 58.3 Å². The largest absolute Gasteiger partial charge is 0.490 e. The molecule has 0 aliphatic carbocycles. The van der Waals surface area contributed by atoms with E-state index in [0.717, 1.165) is 5.69 Å². The van der Waals surface area contributed by atoms with Crippen molar-refractivity contribution in [3.8, 4) is 5.75 Å². The Hall–Kier alpha value is -3.40. The van der Waals surface area contributed by atoms with Crippen LogP contribution in [0.5, 0.6) is 5.75 Å². The Labute approximate surface area is 204 Å². The van der Waals surface area contributed by atoms with Crippen LogP contribution in [-0.4, -0.2) is 64.3 Å². The van der Waals surface area contributed by atoms with Gasteiger partial charge in [0.1, 0.15) is 18.5 Å². The number of nitrogens with zero attached hydrogens (tertiary/aromatic N) is 3. The minimum atomic E-state index is -0.357. The molecule has 3 amide bonds. The van der Waals surface area contributed by atoms with E-state index in [1.54, 1.807) is 48.1 Å². The molecule has 2 aliphatic rings. The molecule has 2 N–H and O–H groups in total. The normalized spacial score (nSPS) is 21.9. The molecule has 4 rings (SSSR count). The van der Waals surface area contributed by atoms with Gasteiger partial charge in [0.15, 0.2) is 0 Å². The molecular weight excluding hydrogens is 450 g/mol. The van der Waals surface area contributed by atoms with Crippen molar-refractivity contribution in [3.63, 3.8) is 0 Å². The zero-order valence-electron chi connectivity index (χ0n) is 20.8. The van der Waals surface area contributed by atoms with Crippen LogP contribution in [-0.2, 0) is 21.4 Å². The number of nitrogens with one attached hydrogen (secondary N) is 2. The molecule has 1 aromatic carbocycles. The number of aromatic nitrogens is 2. The average Bonchev–Trinajstić information content (AvgIpc) is 3.12. The van der Waals surface area contributed by atoms with Gasteiger partial charge in [-0.25, -0.2) is 0 Å². The third kappa shape index (κ3) is 5.48. The van der Waals surface area contributed by atoms with Crippen molar-refractivity contribution < 1.29 is 23.9 Å². The van der Waals surface area contributed by atoms with E-state index in [0.29, 0.717) is 35.5 Å². The van der Waals surface area contributed by atoms with Gasteiger partial charge in [-0.15, -0.1) is 0 Å². The molecule has 188 valence electrons. The average molecular weight is 484 g/mol. The van der Waals surface area contributed by atoms with Gasteiger partial charge in [0.2, 0.25) is 11.8 Å². The number of carbonyl (C=O) groups excluding carboxylic acids is 3. The van der Waals surface area contributed by atoms with Crippen LogP contribution in [0.25, 0.3) is 0 Å². The Kier molecular flexibility index (Phi) is 7.11. The topological polar surface area (TPSA) is 115 Å². The van der Waals surface area contributed by atoms with E-state index in [9.17, 15) is 14.4 Å². The molecule has 0 unspecified atom stereocenters. The third-order valence-electron chi connectivity index (χ3n) is 6.50. The van der Waals surface area contributed by atoms with E-state index < -0.39 is 0 Å². The second kappa shape index (κ2) is 10.1. The number of amides is 3. The highest BCUT2D eigenvalue weighted by Gasteiger charge is 2.39. The van der Waals surface area contributed by atoms with Crippen molar-refractivity contribution in [1.29, 1.82) is 0 Å². The number of rotatable bonds is 5. The van der Waals surface area contributed by atoms with Crippen LogP contribution in [0.2, 0.25) is 0 Å². The van der Waals surface area contributed by atoms with Crippen molar-refractivity contribution in [1.82, 2.24) is 14.7 Å². The third-order valence-corrected chi connectivity index (χ3v) is 6.50. The molecule has 0 bridgehead atoms. The predicted molar refractivity (Wildman–Crippen MR) is 130 cm³/mol. The summed E-state index contributed by atoms with van der Waals surface area (Å²) in [6.07, 6.45) is 2.70. The SMILES string of the molecule is Cc1nn(C)cc1NC(=O)C[C@H]1CC[C@H]2[C@@H](COc3ccc(NC(=O)C(C)C)cc3C(=O)N2C)O1. The molecule has 2 aliphatic heterocycles. The number of hydrogen-bond acceptors (Lipinski definition) is 6. The smallest absolute Gasteiger partial charge is 0.257 e. The summed E-state index contributed by atoms with van der Waals surface area (Å²) in [5.41, 5.74) is 2.40. The van der Waals surface area contributed by atoms with E-state index in [4.69, 9.17) is 9.47 Å². The van der Waals surface area contributed by atoms with E-state index in [1.807, 2.05) is 20.8 Å². The second-order valence-electron chi connectivity index (χ2n) is 9.58. The van der Waals surface area contributed by atoms with Crippen LogP contribution < -0.4 is 15.4 Å². The number of fused-ring (bicyclic) bond motifs is 2. The molecule has 10 nitrogen and oxygen atoms in total. The maximum Gasteiger partial charge on any atom is 0.257 e. The summed E-state index contributed by atoms with van der Waals surface area (Å²) >= 11 is 0. The Morgan fingerprint density at radius 3 is 2.66 bits per heavy atom. The molecule has 1 saturated heterocycles. The van der Waals surface area contributed by atoms with Gasteiger partial charge in [0.05, 0.1) is 35.5 Å². The highest BCUT2D eigenvalue weighted by atomic mass is 16.5. The van der Waals surface area contributed by atoms with Gasteiger partial charge in [0.25, 0.3) is 5.91 Å². The van der Waals surface area contributed by atoms with Crippen molar-refractivity contribution >= 4 is 29.1 Å². The van der Waals surface area contributed by atoms with Gasteiger partial charge in [-0.1, -0.05) is 13.8 Å². The van der Waals surface area contributed by atoms with Crippen molar-refractivity contribution in [2.75, 3.05) is 24.3 Å². The first-order valence-corrected chi connectivity index (χ1v) is 11.9. The lowest BCUT2D eigenvalue weighted by atomic mass is 9.94. The fraction of sp³-hybridized carbons (Fsp3) is 0.520.